The summed E-state index contributed by atoms with van der Waals surface area (Å²) in [5, 5.41) is 0. The topological polar surface area (TPSA) is 6.25 Å². The minimum Gasteiger partial charge on any atom is -0.347 e. The lowest BCUT2D eigenvalue weighted by atomic mass is 10.2. The zero-order valence-electron chi connectivity index (χ0n) is 13.2. The van der Waals surface area contributed by atoms with Crippen molar-refractivity contribution in [3.05, 3.63) is 84.1 Å². The maximum absolute atomic E-state index is 2.32. The van der Waals surface area contributed by atoms with Gasteiger partial charge in [-0.15, -0.1) is 0 Å². The van der Waals surface area contributed by atoms with E-state index in [4.69, 9.17) is 0 Å². The first kappa shape index (κ1) is 14.0. The van der Waals surface area contributed by atoms with Gasteiger partial charge in [-0.05, 0) is 24.1 Å². The second kappa shape index (κ2) is 6.25. The Morgan fingerprint density at radius 1 is 0.826 bits per heavy atom. The third kappa shape index (κ3) is 2.85. The van der Waals surface area contributed by atoms with Crippen LogP contribution in [-0.4, -0.2) is 23.9 Å². The molecule has 23 heavy (non-hydrogen) atoms. The van der Waals surface area contributed by atoms with Gasteiger partial charge in [0.1, 0.15) is 0 Å². The Labute approximate surface area is 137 Å². The summed E-state index contributed by atoms with van der Waals surface area (Å²) < 4.78 is 2.32. The van der Waals surface area contributed by atoms with E-state index in [9.17, 15) is 0 Å². The molecule has 2 heterocycles. The fraction of sp³-hybridized carbons (Fsp3) is 0.190. The lowest BCUT2D eigenvalue weighted by Gasteiger charge is -2.12. The van der Waals surface area contributed by atoms with Crippen LogP contribution in [0.2, 0.25) is 0 Å². The van der Waals surface area contributed by atoms with Crippen LogP contribution in [0.1, 0.15) is 11.1 Å². The van der Waals surface area contributed by atoms with Crippen LogP contribution in [0.25, 0.3) is 0 Å². The first-order valence-corrected chi connectivity index (χ1v) is 8.29. The van der Waals surface area contributed by atoms with Gasteiger partial charge in [-0.1, -0.05) is 42.5 Å². The number of anilines is 1. The predicted octanol–water partition coefficient (Wildman–Crippen LogP) is 4.09. The number of allylic oxidation sites excluding steroid dienone is 3. The molecule has 2 aromatic carbocycles. The van der Waals surface area contributed by atoms with E-state index in [1.807, 2.05) is 0 Å². The monoisotopic (exact) mass is 301 g/mol. The normalized spacial score (nSPS) is 18.3. The maximum Gasteiger partial charge on any atom is 0.208 e. The van der Waals surface area contributed by atoms with Gasteiger partial charge in [0.2, 0.25) is 5.69 Å². The Kier molecular flexibility index (Phi) is 3.81. The van der Waals surface area contributed by atoms with Gasteiger partial charge < -0.3 is 4.90 Å². The Balaban J connectivity index is 1.42. The van der Waals surface area contributed by atoms with Crippen LogP contribution in [0.4, 0.5) is 11.4 Å². The van der Waals surface area contributed by atoms with Crippen molar-refractivity contribution in [2.45, 2.75) is 12.8 Å². The van der Waals surface area contributed by atoms with Crippen molar-refractivity contribution in [2.24, 2.45) is 0 Å². The first-order chi connectivity index (χ1) is 11.4. The molecule has 0 N–H and O–H groups in total. The van der Waals surface area contributed by atoms with E-state index in [2.05, 4.69) is 88.6 Å². The van der Waals surface area contributed by atoms with Gasteiger partial charge in [0.05, 0.1) is 0 Å². The van der Waals surface area contributed by atoms with Crippen molar-refractivity contribution in [1.82, 2.24) is 0 Å². The minimum absolute atomic E-state index is 1.08. The van der Waals surface area contributed by atoms with Crippen molar-refractivity contribution >= 4 is 17.6 Å². The summed E-state index contributed by atoms with van der Waals surface area (Å²) in [6, 6.07) is 17.3. The molecule has 0 aliphatic carbocycles. The smallest absolute Gasteiger partial charge is 0.208 e. The van der Waals surface area contributed by atoms with Crippen LogP contribution in [0, 0.1) is 0 Å². The van der Waals surface area contributed by atoms with Crippen molar-refractivity contribution in [2.75, 3.05) is 18.0 Å². The molecular weight excluding hydrogens is 280 g/mol. The van der Waals surface area contributed by atoms with Gasteiger partial charge in [-0.25, -0.2) is 0 Å². The van der Waals surface area contributed by atoms with Gasteiger partial charge in [-0.2, -0.15) is 4.58 Å². The van der Waals surface area contributed by atoms with Gasteiger partial charge in [-0.3, -0.25) is 0 Å². The lowest BCUT2D eigenvalue weighted by molar-refractivity contribution is -0.423. The van der Waals surface area contributed by atoms with Crippen molar-refractivity contribution in [3.8, 4) is 0 Å². The Hall–Kier alpha value is -2.61. The standard InChI is InChI=1S/C21H21N2/c1(6-14-22-16-12-18-8-2-4-10-20(18)22)7-15-23-17-13-19-9-3-5-11-21(19)23/h1-11,14-15H,12-13,16-17H2/q+1. The van der Waals surface area contributed by atoms with Crippen LogP contribution in [0.3, 0.4) is 0 Å². The van der Waals surface area contributed by atoms with Crippen LogP contribution < -0.4 is 4.90 Å². The molecule has 2 aliphatic heterocycles. The fourth-order valence-corrected chi connectivity index (χ4v) is 3.41. The molecule has 0 aromatic heterocycles. The van der Waals surface area contributed by atoms with Crippen LogP contribution >= 0.6 is 0 Å². The fourth-order valence-electron chi connectivity index (χ4n) is 3.41. The van der Waals surface area contributed by atoms with E-state index >= 15 is 0 Å². The molecule has 0 fully saturated rings. The van der Waals surface area contributed by atoms with Crippen LogP contribution in [0.15, 0.2) is 73.0 Å². The number of fused-ring (bicyclic) bond motifs is 2. The highest BCUT2D eigenvalue weighted by molar-refractivity contribution is 5.69. The highest BCUT2D eigenvalue weighted by Gasteiger charge is 2.21. The number of benzene rings is 2. The summed E-state index contributed by atoms with van der Waals surface area (Å²) in [5.41, 5.74) is 5.58. The molecule has 2 heteroatoms. The molecular formula is C21H21N2+. The molecule has 0 saturated carbocycles. The minimum atomic E-state index is 1.08. The molecule has 2 aromatic rings. The molecule has 0 radical (unpaired) electrons. The van der Waals surface area contributed by atoms with Crippen molar-refractivity contribution in [1.29, 1.82) is 0 Å². The van der Waals surface area contributed by atoms with Crippen LogP contribution in [0.5, 0.6) is 0 Å². The quantitative estimate of drug-likeness (QED) is 0.611. The molecule has 2 nitrogen and oxygen atoms in total. The molecule has 114 valence electrons. The van der Waals surface area contributed by atoms with Crippen LogP contribution in [-0.2, 0) is 12.8 Å². The molecule has 0 spiro atoms. The number of nitrogens with zero attached hydrogens (tertiary/aromatic N) is 2. The summed E-state index contributed by atoms with van der Waals surface area (Å²) >= 11 is 0. The highest BCUT2D eigenvalue weighted by atomic mass is 15.1. The van der Waals surface area contributed by atoms with Gasteiger partial charge in [0.25, 0.3) is 0 Å². The number of para-hydroxylation sites is 2. The Bertz CT molecular complexity index is 799. The maximum atomic E-state index is 2.32. The van der Waals surface area contributed by atoms with Crippen molar-refractivity contribution < 1.29 is 4.58 Å². The largest absolute Gasteiger partial charge is 0.347 e. The van der Waals surface area contributed by atoms with E-state index in [-0.39, 0.29) is 0 Å². The van der Waals surface area contributed by atoms with Gasteiger partial charge in [0.15, 0.2) is 12.8 Å². The second-order valence-corrected chi connectivity index (χ2v) is 6.02. The summed E-state index contributed by atoms with van der Waals surface area (Å²) in [7, 11) is 0. The third-order valence-corrected chi connectivity index (χ3v) is 4.60. The van der Waals surface area contributed by atoms with E-state index in [0.29, 0.717) is 0 Å². The highest BCUT2D eigenvalue weighted by Crippen LogP contribution is 2.27. The van der Waals surface area contributed by atoms with Gasteiger partial charge >= 0.3 is 0 Å². The zero-order valence-corrected chi connectivity index (χ0v) is 13.2. The van der Waals surface area contributed by atoms with E-state index in [1.54, 1.807) is 0 Å². The van der Waals surface area contributed by atoms with E-state index in [1.165, 1.54) is 22.5 Å². The molecule has 0 saturated heterocycles. The summed E-state index contributed by atoms with van der Waals surface area (Å²) in [4.78, 5) is 2.32. The van der Waals surface area contributed by atoms with E-state index in [0.717, 1.165) is 25.9 Å². The third-order valence-electron chi connectivity index (χ3n) is 4.60. The molecule has 0 amide bonds. The summed E-state index contributed by atoms with van der Waals surface area (Å²) in [6.45, 7) is 2.15. The Morgan fingerprint density at radius 3 is 2.61 bits per heavy atom. The van der Waals surface area contributed by atoms with Gasteiger partial charge in [0, 0.05) is 42.6 Å². The molecule has 4 rings (SSSR count). The number of hydrogen-bond donors (Lipinski definition) is 0. The van der Waals surface area contributed by atoms with Crippen molar-refractivity contribution in [3.63, 3.8) is 0 Å². The molecule has 0 bridgehead atoms. The summed E-state index contributed by atoms with van der Waals surface area (Å²) in [5.74, 6) is 0. The number of hydrogen-bond acceptors (Lipinski definition) is 1. The Morgan fingerprint density at radius 2 is 1.65 bits per heavy atom. The molecule has 0 unspecified atom stereocenters. The summed E-state index contributed by atoms with van der Waals surface area (Å²) in [6.07, 6.45) is 13.0. The average Bonchev–Trinajstić information content (AvgIpc) is 3.19. The predicted molar refractivity (Wildman–Crippen MR) is 96.8 cm³/mol. The molecule has 0 atom stereocenters. The lowest BCUT2D eigenvalue weighted by Crippen LogP contribution is -2.11. The SMILES string of the molecule is C(/C=C/C=C/N1CCc2ccccc21)=[N+]1CCc2ccccc21. The molecule has 2 aliphatic rings. The average molecular weight is 301 g/mol. The second-order valence-electron chi connectivity index (χ2n) is 6.02. The van der Waals surface area contributed by atoms with E-state index < -0.39 is 0 Å². The number of rotatable bonds is 3. The first-order valence-electron chi connectivity index (χ1n) is 8.29. The zero-order chi connectivity index (χ0) is 15.5.